The minimum atomic E-state index is -0.814. The molecule has 0 spiro atoms. The van der Waals surface area contributed by atoms with E-state index >= 15 is 0 Å². The van der Waals surface area contributed by atoms with Gasteiger partial charge in [0.25, 0.3) is 5.91 Å². The van der Waals surface area contributed by atoms with E-state index < -0.39 is 23.5 Å². The molecule has 1 atom stereocenters. The molecule has 2 aromatic carbocycles. The average molecular weight is 433 g/mol. The number of Topliss-reactive ketones (excluding diaryl/α,β-unsaturated/α-hetero) is 1. The fourth-order valence-corrected chi connectivity index (χ4v) is 3.81. The lowest BCUT2D eigenvalue weighted by molar-refractivity contribution is -0.130. The van der Waals surface area contributed by atoms with Crippen LogP contribution in [0.1, 0.15) is 22.2 Å². The second kappa shape index (κ2) is 9.11. The van der Waals surface area contributed by atoms with E-state index in [4.69, 9.17) is 13.9 Å². The number of rotatable bonds is 9. The van der Waals surface area contributed by atoms with Crippen molar-refractivity contribution >= 4 is 22.7 Å². The number of carbonyl (C=O) groups excluding carboxylic acids is 2. The highest BCUT2D eigenvalue weighted by atomic mass is 16.5. The molecule has 1 unspecified atom stereocenters. The van der Waals surface area contributed by atoms with Gasteiger partial charge in [-0.3, -0.25) is 9.59 Å². The van der Waals surface area contributed by atoms with Crippen LogP contribution in [-0.4, -0.2) is 48.6 Å². The van der Waals surface area contributed by atoms with Crippen LogP contribution in [0, 0.1) is 0 Å². The maximum Gasteiger partial charge on any atom is 0.290 e. The van der Waals surface area contributed by atoms with E-state index in [1.54, 1.807) is 48.5 Å². The number of aliphatic hydroxyl groups is 1. The topological polar surface area (TPSA) is 89.2 Å². The number of methoxy groups -OCH3 is 1. The fraction of sp³-hybridized carbons (Fsp3) is 0.200. The predicted molar refractivity (Wildman–Crippen MR) is 119 cm³/mol. The first kappa shape index (κ1) is 21.4. The second-order valence-corrected chi connectivity index (χ2v) is 7.31. The molecule has 0 fully saturated rings. The average Bonchev–Trinajstić information content (AvgIpc) is 3.35. The molecule has 1 amide bonds. The molecule has 3 aromatic rings. The molecule has 0 aliphatic carbocycles. The van der Waals surface area contributed by atoms with Gasteiger partial charge in [-0.2, -0.15) is 0 Å². The molecule has 4 rings (SSSR count). The van der Waals surface area contributed by atoms with Crippen LogP contribution in [0.15, 0.2) is 83.0 Å². The van der Waals surface area contributed by atoms with Crippen LogP contribution in [0.25, 0.3) is 11.0 Å². The van der Waals surface area contributed by atoms with Gasteiger partial charge in [0, 0.05) is 19.0 Å². The minimum Gasteiger partial charge on any atom is -0.503 e. The minimum absolute atomic E-state index is 0.0361. The molecule has 1 aliphatic heterocycles. The zero-order valence-electron chi connectivity index (χ0n) is 17.6. The van der Waals surface area contributed by atoms with Crippen molar-refractivity contribution in [3.63, 3.8) is 0 Å². The molecule has 2 heterocycles. The Kier molecular flexibility index (Phi) is 6.09. The highest BCUT2D eigenvalue weighted by molar-refractivity contribution is 6.16. The normalized spacial score (nSPS) is 16.1. The third-order valence-corrected chi connectivity index (χ3v) is 5.28. The van der Waals surface area contributed by atoms with Crippen molar-refractivity contribution in [1.29, 1.82) is 0 Å². The number of carbonyl (C=O) groups is 2. The Balaban J connectivity index is 1.78. The van der Waals surface area contributed by atoms with Crippen molar-refractivity contribution in [2.75, 3.05) is 26.9 Å². The van der Waals surface area contributed by atoms with E-state index in [1.807, 2.05) is 12.1 Å². The first-order valence-electron chi connectivity index (χ1n) is 10.1. The highest BCUT2D eigenvalue weighted by Crippen LogP contribution is 2.40. The summed E-state index contributed by atoms with van der Waals surface area (Å²) in [4.78, 5) is 27.8. The number of amides is 1. The summed E-state index contributed by atoms with van der Waals surface area (Å²) in [6.07, 6.45) is 1.62. The van der Waals surface area contributed by atoms with E-state index in [2.05, 4.69) is 6.58 Å². The summed E-state index contributed by atoms with van der Waals surface area (Å²) >= 11 is 0. The first-order valence-corrected chi connectivity index (χ1v) is 10.1. The molecule has 164 valence electrons. The van der Waals surface area contributed by atoms with E-state index in [0.29, 0.717) is 23.5 Å². The molecular weight excluding hydrogens is 410 g/mol. The number of furan rings is 1. The largest absolute Gasteiger partial charge is 0.503 e. The van der Waals surface area contributed by atoms with Crippen LogP contribution in [0.4, 0.5) is 0 Å². The third kappa shape index (κ3) is 3.90. The van der Waals surface area contributed by atoms with Gasteiger partial charge in [0.15, 0.2) is 11.5 Å². The molecule has 0 bridgehead atoms. The SMILES string of the molecule is C=CCOc1cccc(C2C(C(=O)c3cc4ccccc4o3)=C(O)C(=O)N2CCOC)c1. The first-order chi connectivity index (χ1) is 15.5. The lowest BCUT2D eigenvalue weighted by Crippen LogP contribution is -2.34. The molecule has 32 heavy (non-hydrogen) atoms. The number of ketones is 1. The summed E-state index contributed by atoms with van der Waals surface area (Å²) < 4.78 is 16.5. The molecule has 0 saturated carbocycles. The number of benzene rings is 2. The number of aliphatic hydroxyl groups excluding tert-OH is 1. The zero-order valence-corrected chi connectivity index (χ0v) is 17.6. The Hall–Kier alpha value is -3.84. The Morgan fingerprint density at radius 1 is 1.22 bits per heavy atom. The number of ether oxygens (including phenoxy) is 2. The van der Waals surface area contributed by atoms with Gasteiger partial charge in [-0.1, -0.05) is 43.0 Å². The maximum absolute atomic E-state index is 13.5. The number of hydrogen-bond donors (Lipinski definition) is 1. The van der Waals surface area contributed by atoms with Crippen molar-refractivity contribution in [2.45, 2.75) is 6.04 Å². The number of hydrogen-bond acceptors (Lipinski definition) is 6. The Labute approximate surface area is 185 Å². The smallest absolute Gasteiger partial charge is 0.290 e. The maximum atomic E-state index is 13.5. The van der Waals surface area contributed by atoms with Crippen molar-refractivity contribution in [3.8, 4) is 5.75 Å². The van der Waals surface area contributed by atoms with Crippen LogP contribution >= 0.6 is 0 Å². The van der Waals surface area contributed by atoms with Gasteiger partial charge in [0.2, 0.25) is 5.78 Å². The van der Waals surface area contributed by atoms with Crippen molar-refractivity contribution in [3.05, 3.63) is 89.9 Å². The summed E-state index contributed by atoms with van der Waals surface area (Å²) in [5.74, 6) is -1.16. The van der Waals surface area contributed by atoms with Crippen LogP contribution in [0.2, 0.25) is 0 Å². The summed E-state index contributed by atoms with van der Waals surface area (Å²) in [5, 5.41) is 11.5. The summed E-state index contributed by atoms with van der Waals surface area (Å²) in [7, 11) is 1.52. The van der Waals surface area contributed by atoms with E-state index in [1.165, 1.54) is 12.0 Å². The van der Waals surface area contributed by atoms with Gasteiger partial charge in [-0.25, -0.2) is 0 Å². The fourth-order valence-electron chi connectivity index (χ4n) is 3.81. The van der Waals surface area contributed by atoms with Gasteiger partial charge < -0.3 is 23.9 Å². The zero-order chi connectivity index (χ0) is 22.7. The van der Waals surface area contributed by atoms with Gasteiger partial charge in [-0.15, -0.1) is 0 Å². The monoisotopic (exact) mass is 433 g/mol. The second-order valence-electron chi connectivity index (χ2n) is 7.31. The van der Waals surface area contributed by atoms with Crippen molar-refractivity contribution < 1.29 is 28.6 Å². The lowest BCUT2D eigenvalue weighted by Gasteiger charge is -2.26. The summed E-state index contributed by atoms with van der Waals surface area (Å²) in [6.45, 7) is 4.39. The Morgan fingerprint density at radius 3 is 2.78 bits per heavy atom. The van der Waals surface area contributed by atoms with Crippen LogP contribution in [0.5, 0.6) is 5.75 Å². The number of fused-ring (bicyclic) bond motifs is 1. The van der Waals surface area contributed by atoms with Crippen molar-refractivity contribution in [2.24, 2.45) is 0 Å². The predicted octanol–water partition coefficient (Wildman–Crippen LogP) is 4.22. The van der Waals surface area contributed by atoms with E-state index in [9.17, 15) is 14.7 Å². The Bertz CT molecular complexity index is 1170. The van der Waals surface area contributed by atoms with Gasteiger partial charge in [-0.05, 0) is 29.8 Å². The summed E-state index contributed by atoms with van der Waals surface area (Å²) in [5.41, 5.74) is 1.14. The highest BCUT2D eigenvalue weighted by Gasteiger charge is 2.44. The van der Waals surface area contributed by atoms with Crippen LogP contribution < -0.4 is 4.74 Å². The Morgan fingerprint density at radius 2 is 2.03 bits per heavy atom. The number of nitrogens with zero attached hydrogens (tertiary/aromatic N) is 1. The van der Waals surface area contributed by atoms with Crippen LogP contribution in [0.3, 0.4) is 0 Å². The molecule has 1 aliphatic rings. The lowest BCUT2D eigenvalue weighted by atomic mass is 9.95. The molecule has 0 radical (unpaired) electrons. The molecule has 1 aromatic heterocycles. The molecule has 7 heteroatoms. The molecule has 0 saturated heterocycles. The van der Waals surface area contributed by atoms with Gasteiger partial charge in [0.05, 0.1) is 18.2 Å². The van der Waals surface area contributed by atoms with Crippen LogP contribution in [-0.2, 0) is 9.53 Å². The number of para-hydroxylation sites is 1. The van der Waals surface area contributed by atoms with Crippen molar-refractivity contribution in [1.82, 2.24) is 4.90 Å². The molecule has 7 nitrogen and oxygen atoms in total. The quantitative estimate of drug-likeness (QED) is 0.401. The van der Waals surface area contributed by atoms with Gasteiger partial charge >= 0.3 is 0 Å². The molecular formula is C25H23NO6. The summed E-state index contributed by atoms with van der Waals surface area (Å²) in [6, 6.07) is 15.1. The third-order valence-electron chi connectivity index (χ3n) is 5.28. The van der Waals surface area contributed by atoms with E-state index in [-0.39, 0.29) is 24.5 Å². The standard InChI is InChI=1S/C25H23NO6/c1-3-12-31-18-9-6-8-17(14-18)22-21(24(28)25(29)26(22)11-13-30-2)23(27)20-15-16-7-4-5-10-19(16)32-20/h3-10,14-15,22,28H,1,11-13H2,2H3. The van der Waals surface area contributed by atoms with Gasteiger partial charge in [0.1, 0.15) is 17.9 Å². The molecule has 1 N–H and O–H groups in total. The van der Waals surface area contributed by atoms with E-state index in [0.717, 1.165) is 5.39 Å².